The molecule has 3 aromatic carbocycles. The number of esters is 6. The first-order valence-electron chi connectivity index (χ1n) is 22.9. The molecule has 13 nitrogen and oxygen atoms in total. The minimum atomic E-state index is -1.71. The van der Waals surface area contributed by atoms with E-state index >= 15 is 4.39 Å². The van der Waals surface area contributed by atoms with Crippen LogP contribution in [0.3, 0.4) is 0 Å². The van der Waals surface area contributed by atoms with Gasteiger partial charge in [0.25, 0.3) is 0 Å². The molecule has 362 valence electrons. The molecule has 0 amide bonds. The third kappa shape index (κ3) is 15.6. The first-order valence-corrected chi connectivity index (χ1v) is 22.9. The zero-order valence-electron chi connectivity index (χ0n) is 39.8. The molecule has 0 saturated heterocycles. The molecule has 1 saturated carbocycles. The van der Waals surface area contributed by atoms with Crippen LogP contribution in [0, 0.1) is 17.2 Å². The summed E-state index contributed by atoms with van der Waals surface area (Å²) < 4.78 is 52.5. The van der Waals surface area contributed by atoms with Gasteiger partial charge in [-0.15, -0.1) is 0 Å². The van der Waals surface area contributed by atoms with Crippen LogP contribution in [-0.4, -0.2) is 83.1 Å². The van der Waals surface area contributed by atoms with Crippen LogP contribution in [0.4, 0.5) is 4.39 Å². The number of carbonyl (C=O) groups is 6. The average molecular weight is 929 g/mol. The van der Waals surface area contributed by atoms with Crippen molar-refractivity contribution in [3.05, 3.63) is 101 Å². The summed E-state index contributed by atoms with van der Waals surface area (Å²) in [6.07, 6.45) is 11.0. The highest BCUT2D eigenvalue weighted by Gasteiger charge is 2.39. The van der Waals surface area contributed by atoms with E-state index in [0.717, 1.165) is 60.8 Å². The molecule has 0 aliphatic heterocycles. The van der Waals surface area contributed by atoms with Gasteiger partial charge in [0.1, 0.15) is 43.4 Å². The Morgan fingerprint density at radius 1 is 0.627 bits per heavy atom. The molecule has 0 atom stereocenters. The molecule has 0 spiro atoms. The molecule has 1 aliphatic carbocycles. The maximum Gasteiger partial charge on any atom is 0.417 e. The first kappa shape index (κ1) is 53.3. The second kappa shape index (κ2) is 26.1. The monoisotopic (exact) mass is 928 g/mol. The van der Waals surface area contributed by atoms with E-state index in [1.165, 1.54) is 45.4 Å². The Morgan fingerprint density at radius 3 is 1.75 bits per heavy atom. The van der Waals surface area contributed by atoms with Crippen LogP contribution in [0.1, 0.15) is 108 Å². The van der Waals surface area contributed by atoms with Gasteiger partial charge in [-0.05, 0) is 122 Å². The van der Waals surface area contributed by atoms with Crippen molar-refractivity contribution >= 4 is 35.8 Å². The smallest absolute Gasteiger partial charge is 0.417 e. The first-order chi connectivity index (χ1) is 32.0. The summed E-state index contributed by atoms with van der Waals surface area (Å²) in [5.74, 6) is -5.62. The number of methoxy groups -OCH3 is 2. The third-order valence-electron chi connectivity index (χ3n) is 12.0. The molecular weight excluding hydrogens is 864 g/mol. The molecule has 0 unspecified atom stereocenters. The Labute approximate surface area is 393 Å². The van der Waals surface area contributed by atoms with E-state index in [-0.39, 0.29) is 23.6 Å². The standard InChI is InChI=1S/C53H65FO13/c1-9-11-12-14-36-16-18-38(19-17-36)39-20-24-44(45(54)29-39)41-21-23-43(37(10-2)27-41)40-22-25-46(42(28-40)15-13-26-63-47(55)34(3)4)64-30-53(31-65-48(56)35(5)6,32-66-51(59)49(57)61-7)33-67-52(60)50(58)62-8/h20-25,27-29,36,38H,3,5,9-19,26,30-33H2,1-2,4,6-8H3. The van der Waals surface area contributed by atoms with E-state index in [4.69, 9.17) is 23.7 Å². The van der Waals surface area contributed by atoms with Crippen LogP contribution in [0.5, 0.6) is 5.75 Å². The van der Waals surface area contributed by atoms with Gasteiger partial charge in [-0.2, -0.15) is 0 Å². The highest BCUT2D eigenvalue weighted by Crippen LogP contribution is 2.40. The van der Waals surface area contributed by atoms with E-state index in [2.05, 4.69) is 35.6 Å². The lowest BCUT2D eigenvalue weighted by molar-refractivity contribution is -0.177. The van der Waals surface area contributed by atoms with Gasteiger partial charge in [0.05, 0.1) is 20.8 Å². The Balaban J connectivity index is 1.67. The van der Waals surface area contributed by atoms with Crippen molar-refractivity contribution in [2.75, 3.05) is 47.3 Å². The summed E-state index contributed by atoms with van der Waals surface area (Å²) in [4.78, 5) is 73.7. The molecule has 0 N–H and O–H groups in total. The van der Waals surface area contributed by atoms with Gasteiger partial charge < -0.3 is 33.2 Å². The van der Waals surface area contributed by atoms with Crippen molar-refractivity contribution < 1.29 is 66.3 Å². The molecule has 0 radical (unpaired) electrons. The summed E-state index contributed by atoms with van der Waals surface area (Å²) in [6, 6.07) is 17.0. The predicted octanol–water partition coefficient (Wildman–Crippen LogP) is 9.55. The third-order valence-corrected chi connectivity index (χ3v) is 12.0. The molecule has 3 aromatic rings. The number of carbonyl (C=O) groups excluding carboxylic acids is 6. The lowest BCUT2D eigenvalue weighted by Crippen LogP contribution is -2.45. The highest BCUT2D eigenvalue weighted by atomic mass is 19.1. The van der Waals surface area contributed by atoms with Gasteiger partial charge >= 0.3 is 35.8 Å². The fourth-order valence-electron chi connectivity index (χ4n) is 8.00. The van der Waals surface area contributed by atoms with Crippen molar-refractivity contribution in [2.24, 2.45) is 11.3 Å². The summed E-state index contributed by atoms with van der Waals surface area (Å²) >= 11 is 0. The molecule has 0 bridgehead atoms. The van der Waals surface area contributed by atoms with Crippen molar-refractivity contribution in [1.29, 1.82) is 0 Å². The molecular formula is C53H65FO13. The number of halogens is 1. The van der Waals surface area contributed by atoms with Gasteiger partial charge in [-0.1, -0.05) is 89.1 Å². The lowest BCUT2D eigenvalue weighted by atomic mass is 9.77. The summed E-state index contributed by atoms with van der Waals surface area (Å²) in [5.41, 5.74) is 4.23. The molecule has 0 heterocycles. The minimum Gasteiger partial charge on any atom is -0.492 e. The topological polar surface area (TPSA) is 167 Å². The summed E-state index contributed by atoms with van der Waals surface area (Å²) in [7, 11) is 1.96. The minimum absolute atomic E-state index is 0.0290. The van der Waals surface area contributed by atoms with Gasteiger partial charge in [-0.3, -0.25) is 0 Å². The Hall–Kier alpha value is -6.31. The van der Waals surface area contributed by atoms with Crippen molar-refractivity contribution in [3.63, 3.8) is 0 Å². The van der Waals surface area contributed by atoms with Crippen LogP contribution >= 0.6 is 0 Å². The zero-order chi connectivity index (χ0) is 49.1. The number of unbranched alkanes of at least 4 members (excludes halogenated alkanes) is 2. The normalized spacial score (nSPS) is 14.6. The molecule has 1 fully saturated rings. The number of hydrogen-bond donors (Lipinski definition) is 0. The molecule has 4 rings (SSSR count). The number of benzene rings is 3. The SMILES string of the molecule is C=C(C)C(=O)OCCCc1cc(-c2ccc(-c3ccc(C4CCC(CCCCC)CC4)cc3F)cc2CC)ccc1OCC(COC(=O)C(=C)C)(COC(=O)C(=O)OC)COC(=O)C(=O)OC. The summed E-state index contributed by atoms with van der Waals surface area (Å²) in [5, 5.41) is 0. The highest BCUT2D eigenvalue weighted by molar-refractivity contribution is 6.30. The molecule has 67 heavy (non-hydrogen) atoms. The van der Waals surface area contributed by atoms with Gasteiger partial charge in [-0.25, -0.2) is 33.2 Å². The number of rotatable bonds is 23. The second-order valence-electron chi connectivity index (χ2n) is 17.3. The van der Waals surface area contributed by atoms with Crippen LogP contribution in [-0.2, 0) is 70.0 Å². The van der Waals surface area contributed by atoms with E-state index in [1.54, 1.807) is 19.1 Å². The molecule has 14 heteroatoms. The van der Waals surface area contributed by atoms with Gasteiger partial charge in [0, 0.05) is 16.7 Å². The van der Waals surface area contributed by atoms with Crippen LogP contribution in [0.25, 0.3) is 22.3 Å². The number of hydrogen-bond acceptors (Lipinski definition) is 13. The summed E-state index contributed by atoms with van der Waals surface area (Å²) in [6.45, 7) is 12.0. The van der Waals surface area contributed by atoms with E-state index in [9.17, 15) is 28.8 Å². The quantitative estimate of drug-likeness (QED) is 0.0290. The zero-order valence-corrected chi connectivity index (χ0v) is 39.8. The average Bonchev–Trinajstić information content (AvgIpc) is 3.33. The van der Waals surface area contributed by atoms with Crippen molar-refractivity contribution in [1.82, 2.24) is 0 Å². The fraction of sp³-hybridized carbons (Fsp3) is 0.472. The Bertz CT molecular complexity index is 2220. The van der Waals surface area contributed by atoms with Crippen LogP contribution < -0.4 is 4.74 Å². The number of aryl methyl sites for hydroxylation is 2. The predicted molar refractivity (Wildman–Crippen MR) is 249 cm³/mol. The van der Waals surface area contributed by atoms with Crippen molar-refractivity contribution in [3.8, 4) is 28.0 Å². The number of ether oxygens (including phenoxy) is 7. The molecule has 0 aromatic heterocycles. The van der Waals surface area contributed by atoms with Crippen LogP contribution in [0.2, 0.25) is 0 Å². The Morgan fingerprint density at radius 2 is 1.18 bits per heavy atom. The van der Waals surface area contributed by atoms with Crippen LogP contribution in [0.15, 0.2) is 78.9 Å². The van der Waals surface area contributed by atoms with Crippen molar-refractivity contribution in [2.45, 2.75) is 104 Å². The largest absolute Gasteiger partial charge is 0.492 e. The maximum atomic E-state index is 16.0. The maximum absolute atomic E-state index is 16.0. The van der Waals surface area contributed by atoms with Gasteiger partial charge in [0.2, 0.25) is 0 Å². The van der Waals surface area contributed by atoms with Gasteiger partial charge in [0.15, 0.2) is 0 Å². The molecule has 1 aliphatic rings. The van der Waals surface area contributed by atoms with E-state index in [1.807, 2.05) is 43.3 Å². The Kier molecular flexibility index (Phi) is 20.8. The fourth-order valence-corrected chi connectivity index (χ4v) is 8.00. The van der Waals surface area contributed by atoms with E-state index < -0.39 is 67.7 Å². The lowest BCUT2D eigenvalue weighted by Gasteiger charge is -2.32. The van der Waals surface area contributed by atoms with E-state index in [0.29, 0.717) is 42.1 Å². The second-order valence-corrected chi connectivity index (χ2v) is 17.3.